The summed E-state index contributed by atoms with van der Waals surface area (Å²) in [6.07, 6.45) is 0.308. The van der Waals surface area contributed by atoms with Gasteiger partial charge in [-0.15, -0.1) is 0 Å². The number of hydrogen-bond donors (Lipinski definition) is 3. The number of aliphatic hydroxyl groups is 1. The van der Waals surface area contributed by atoms with Crippen LogP contribution in [0, 0.1) is 5.82 Å². The van der Waals surface area contributed by atoms with Crippen molar-refractivity contribution in [2.75, 3.05) is 24.1 Å². The van der Waals surface area contributed by atoms with Gasteiger partial charge in [-0.25, -0.2) is 4.39 Å². The van der Waals surface area contributed by atoms with E-state index in [0.717, 1.165) is 0 Å². The van der Waals surface area contributed by atoms with Crippen molar-refractivity contribution < 1.29 is 14.3 Å². The predicted octanol–water partition coefficient (Wildman–Crippen LogP) is 0.802. The zero-order chi connectivity index (χ0) is 14.0. The Balaban J connectivity index is 2.00. The monoisotopic (exact) mass is 267 g/mol. The second kappa shape index (κ2) is 5.54. The van der Waals surface area contributed by atoms with Gasteiger partial charge in [0.25, 0.3) is 0 Å². The quantitative estimate of drug-likeness (QED) is 0.708. The highest BCUT2D eigenvalue weighted by molar-refractivity contribution is 5.97. The van der Waals surface area contributed by atoms with Gasteiger partial charge in [0.15, 0.2) is 0 Å². The zero-order valence-corrected chi connectivity index (χ0v) is 10.8. The smallest absolute Gasteiger partial charge is 0.241 e. The summed E-state index contributed by atoms with van der Waals surface area (Å²) in [6, 6.07) is 3.49. The molecule has 19 heavy (non-hydrogen) atoms. The van der Waals surface area contributed by atoms with Gasteiger partial charge in [0, 0.05) is 13.1 Å². The van der Waals surface area contributed by atoms with E-state index in [1.165, 1.54) is 18.2 Å². The highest BCUT2D eigenvalue weighted by Crippen LogP contribution is 2.20. The number of benzene rings is 1. The molecule has 1 heterocycles. The van der Waals surface area contributed by atoms with Crippen molar-refractivity contribution in [3.05, 3.63) is 24.0 Å². The minimum absolute atomic E-state index is 0.196. The molecule has 6 heteroatoms. The van der Waals surface area contributed by atoms with Crippen LogP contribution in [0.3, 0.4) is 0 Å². The molecule has 0 bridgehead atoms. The normalized spacial score (nSPS) is 21.3. The van der Waals surface area contributed by atoms with Crippen LogP contribution in [-0.4, -0.2) is 41.1 Å². The summed E-state index contributed by atoms with van der Waals surface area (Å²) in [7, 11) is 0. The van der Waals surface area contributed by atoms with Gasteiger partial charge in [0.05, 0.1) is 23.5 Å². The van der Waals surface area contributed by atoms with Crippen LogP contribution in [0.4, 0.5) is 15.8 Å². The number of carbonyl (C=O) groups excluding carboxylic acids is 1. The Hall–Kier alpha value is -1.66. The maximum absolute atomic E-state index is 12.9. The van der Waals surface area contributed by atoms with Crippen LogP contribution >= 0.6 is 0 Å². The number of aliphatic hydroxyl groups excluding tert-OH is 1. The number of β-amino-alcohol motifs (C(OH)–C–C–N with tert-alkyl or cyclic N) is 1. The Labute approximate surface area is 111 Å². The molecule has 2 rings (SSSR count). The van der Waals surface area contributed by atoms with E-state index >= 15 is 0 Å². The summed E-state index contributed by atoms with van der Waals surface area (Å²) in [5.41, 5.74) is 6.23. The molecule has 1 aliphatic rings. The van der Waals surface area contributed by atoms with E-state index in [2.05, 4.69) is 5.32 Å². The van der Waals surface area contributed by atoms with Gasteiger partial charge < -0.3 is 16.2 Å². The number of likely N-dealkylation sites (tertiary alicyclic amines) is 1. The van der Waals surface area contributed by atoms with Gasteiger partial charge >= 0.3 is 0 Å². The van der Waals surface area contributed by atoms with Crippen LogP contribution in [0.2, 0.25) is 0 Å². The Kier molecular flexibility index (Phi) is 4.01. The first-order chi connectivity index (χ1) is 8.97. The molecule has 4 N–H and O–H groups in total. The summed E-state index contributed by atoms with van der Waals surface area (Å²) in [5, 5.41) is 12.1. The van der Waals surface area contributed by atoms with Gasteiger partial charge in [-0.2, -0.15) is 0 Å². The van der Waals surface area contributed by atoms with Crippen LogP contribution in [0.1, 0.15) is 13.3 Å². The molecule has 1 aliphatic heterocycles. The lowest BCUT2D eigenvalue weighted by molar-refractivity contribution is -0.120. The lowest BCUT2D eigenvalue weighted by Gasteiger charge is -2.23. The molecule has 0 aromatic heterocycles. The van der Waals surface area contributed by atoms with Crippen molar-refractivity contribution in [3.63, 3.8) is 0 Å². The molecule has 2 atom stereocenters. The van der Waals surface area contributed by atoms with Gasteiger partial charge in [-0.1, -0.05) is 0 Å². The molecular weight excluding hydrogens is 249 g/mol. The van der Waals surface area contributed by atoms with Crippen molar-refractivity contribution >= 4 is 17.3 Å². The number of nitrogens with one attached hydrogen (secondary N) is 1. The second-order valence-electron chi connectivity index (χ2n) is 4.83. The number of rotatable bonds is 3. The summed E-state index contributed by atoms with van der Waals surface area (Å²) in [6.45, 7) is 2.95. The molecular formula is C13H18FN3O2. The second-order valence-corrected chi connectivity index (χ2v) is 4.83. The number of halogens is 1. The Morgan fingerprint density at radius 2 is 2.37 bits per heavy atom. The largest absolute Gasteiger partial charge is 0.397 e. The first-order valence-electron chi connectivity index (χ1n) is 6.25. The van der Waals surface area contributed by atoms with Gasteiger partial charge in [0.1, 0.15) is 5.82 Å². The minimum Gasteiger partial charge on any atom is -0.397 e. The van der Waals surface area contributed by atoms with Crippen molar-refractivity contribution in [2.24, 2.45) is 0 Å². The number of nitrogen functional groups attached to an aromatic ring is 1. The Morgan fingerprint density at radius 1 is 1.63 bits per heavy atom. The average molecular weight is 267 g/mol. The van der Waals surface area contributed by atoms with Crippen LogP contribution in [0.5, 0.6) is 0 Å². The van der Waals surface area contributed by atoms with Crippen molar-refractivity contribution in [1.29, 1.82) is 0 Å². The number of nitrogens with zero attached hydrogens (tertiary/aromatic N) is 1. The number of hydrogen-bond acceptors (Lipinski definition) is 4. The molecule has 1 saturated heterocycles. The lowest BCUT2D eigenvalue weighted by Crippen LogP contribution is -2.41. The van der Waals surface area contributed by atoms with Crippen LogP contribution in [-0.2, 0) is 4.79 Å². The van der Waals surface area contributed by atoms with E-state index in [9.17, 15) is 14.3 Å². The van der Waals surface area contributed by atoms with Crippen LogP contribution in [0.15, 0.2) is 18.2 Å². The Bertz CT molecular complexity index is 481. The number of carbonyl (C=O) groups is 1. The zero-order valence-electron chi connectivity index (χ0n) is 10.8. The van der Waals surface area contributed by atoms with Crippen LogP contribution < -0.4 is 11.1 Å². The summed E-state index contributed by atoms with van der Waals surface area (Å²) < 4.78 is 12.9. The molecule has 0 spiro atoms. The van der Waals surface area contributed by atoms with E-state index in [1.54, 1.807) is 6.92 Å². The maximum atomic E-state index is 12.9. The SMILES string of the molecule is CC(C(=O)Nc1ccc(F)cc1N)N1CCC(O)C1. The molecule has 1 amide bonds. The van der Waals surface area contributed by atoms with E-state index in [4.69, 9.17) is 5.73 Å². The van der Waals surface area contributed by atoms with E-state index < -0.39 is 5.82 Å². The third-order valence-corrected chi connectivity index (χ3v) is 3.39. The molecule has 0 aliphatic carbocycles. The fourth-order valence-corrected chi connectivity index (χ4v) is 2.17. The molecule has 0 radical (unpaired) electrons. The Morgan fingerprint density at radius 3 is 2.95 bits per heavy atom. The molecule has 0 saturated carbocycles. The molecule has 5 nitrogen and oxygen atoms in total. The minimum atomic E-state index is -0.439. The van der Waals surface area contributed by atoms with Crippen molar-refractivity contribution in [1.82, 2.24) is 4.90 Å². The molecule has 2 unspecified atom stereocenters. The maximum Gasteiger partial charge on any atom is 0.241 e. The standard InChI is InChI=1S/C13H18FN3O2/c1-8(17-5-4-10(18)7-17)13(19)16-12-3-2-9(14)6-11(12)15/h2-3,6,8,10,18H,4-5,7,15H2,1H3,(H,16,19). The number of nitrogens with two attached hydrogens (primary N) is 1. The summed E-state index contributed by atoms with van der Waals surface area (Å²) in [4.78, 5) is 14.0. The first-order valence-corrected chi connectivity index (χ1v) is 6.25. The van der Waals surface area contributed by atoms with Crippen molar-refractivity contribution in [2.45, 2.75) is 25.5 Å². The van der Waals surface area contributed by atoms with E-state index in [1.807, 2.05) is 4.90 Å². The summed E-state index contributed by atoms with van der Waals surface area (Å²) in [5.74, 6) is -0.654. The molecule has 1 aromatic rings. The van der Waals surface area contributed by atoms with Crippen molar-refractivity contribution in [3.8, 4) is 0 Å². The third kappa shape index (κ3) is 3.21. The number of amides is 1. The topological polar surface area (TPSA) is 78.6 Å². The fraction of sp³-hybridized carbons (Fsp3) is 0.462. The highest BCUT2D eigenvalue weighted by atomic mass is 19.1. The van der Waals surface area contributed by atoms with E-state index in [0.29, 0.717) is 25.2 Å². The predicted molar refractivity (Wildman–Crippen MR) is 71.1 cm³/mol. The molecule has 1 aromatic carbocycles. The molecule has 1 fully saturated rings. The van der Waals surface area contributed by atoms with E-state index in [-0.39, 0.29) is 23.7 Å². The molecule has 104 valence electrons. The fourth-order valence-electron chi connectivity index (χ4n) is 2.17. The third-order valence-electron chi connectivity index (χ3n) is 3.39. The van der Waals surface area contributed by atoms with Gasteiger partial charge in [0.2, 0.25) is 5.91 Å². The van der Waals surface area contributed by atoms with Crippen LogP contribution in [0.25, 0.3) is 0 Å². The van der Waals surface area contributed by atoms with Gasteiger partial charge in [-0.05, 0) is 31.5 Å². The van der Waals surface area contributed by atoms with Gasteiger partial charge in [-0.3, -0.25) is 9.69 Å². The lowest BCUT2D eigenvalue weighted by atomic mass is 10.2. The average Bonchev–Trinajstić information content (AvgIpc) is 2.78. The first kappa shape index (κ1) is 13.8. The number of anilines is 2. The highest BCUT2D eigenvalue weighted by Gasteiger charge is 2.28. The summed E-state index contributed by atoms with van der Waals surface area (Å²) >= 11 is 0.